The van der Waals surface area contributed by atoms with Crippen molar-refractivity contribution in [2.75, 3.05) is 45.2 Å². The van der Waals surface area contributed by atoms with E-state index < -0.39 is 10.0 Å². The first-order chi connectivity index (χ1) is 15.3. The maximum atomic E-state index is 12.7. The van der Waals surface area contributed by atoms with E-state index in [4.69, 9.17) is 11.6 Å². The number of amides is 1. The smallest absolute Gasteiger partial charge is 0.256 e. The summed E-state index contributed by atoms with van der Waals surface area (Å²) in [6.07, 6.45) is 3.14. The van der Waals surface area contributed by atoms with Crippen LogP contribution in [0.2, 0.25) is 5.15 Å². The minimum atomic E-state index is -3.36. The van der Waals surface area contributed by atoms with Crippen molar-refractivity contribution in [3.05, 3.63) is 53.2 Å². The van der Waals surface area contributed by atoms with Crippen LogP contribution in [0.5, 0.6) is 0 Å². The van der Waals surface area contributed by atoms with Gasteiger partial charge in [0.25, 0.3) is 5.91 Å². The lowest BCUT2D eigenvalue weighted by Gasteiger charge is -2.41. The van der Waals surface area contributed by atoms with Crippen molar-refractivity contribution in [1.82, 2.24) is 14.2 Å². The van der Waals surface area contributed by atoms with E-state index in [1.165, 1.54) is 4.90 Å². The number of aromatic nitrogens is 1. The number of sulfonamides is 1. The van der Waals surface area contributed by atoms with E-state index in [1.54, 1.807) is 48.7 Å². The molecule has 1 aromatic heterocycles. The van der Waals surface area contributed by atoms with Gasteiger partial charge in [0, 0.05) is 40.3 Å². The topological polar surface area (TPSA) is 73.8 Å². The molecular formula is C23H29ClN4O3S. The van der Waals surface area contributed by atoms with Gasteiger partial charge in [0.05, 0.1) is 10.5 Å². The standard InChI is InChI=1S/C23H29ClN4O3S/c1-26(2)23(29)20-8-9-21(25-22(20)24)27-12-10-17(11-13-27)14-18-15-28(16-18)32(30,31)19-6-4-3-5-7-19/h3-9,17-18H,10-16H2,1-2H3. The highest BCUT2D eigenvalue weighted by Crippen LogP contribution is 2.33. The van der Waals surface area contributed by atoms with Gasteiger partial charge in [0.1, 0.15) is 11.0 Å². The van der Waals surface area contributed by atoms with Gasteiger partial charge < -0.3 is 9.80 Å². The first kappa shape index (κ1) is 23.0. The molecule has 0 saturated carbocycles. The molecule has 1 aromatic carbocycles. The number of pyridine rings is 1. The molecule has 0 N–H and O–H groups in total. The summed E-state index contributed by atoms with van der Waals surface area (Å²) in [6.45, 7) is 2.98. The highest BCUT2D eigenvalue weighted by atomic mass is 35.5. The van der Waals surface area contributed by atoms with Crippen molar-refractivity contribution in [1.29, 1.82) is 0 Å². The van der Waals surface area contributed by atoms with Gasteiger partial charge in [0.2, 0.25) is 10.0 Å². The zero-order valence-electron chi connectivity index (χ0n) is 18.4. The molecule has 2 saturated heterocycles. The maximum Gasteiger partial charge on any atom is 0.256 e. The van der Waals surface area contributed by atoms with Crippen LogP contribution in [-0.2, 0) is 10.0 Å². The lowest BCUT2D eigenvalue weighted by Crippen LogP contribution is -2.50. The third kappa shape index (κ3) is 4.77. The van der Waals surface area contributed by atoms with Crippen LogP contribution >= 0.6 is 11.6 Å². The molecule has 32 heavy (non-hydrogen) atoms. The average molecular weight is 477 g/mol. The van der Waals surface area contributed by atoms with Gasteiger partial charge in [0.15, 0.2) is 0 Å². The summed E-state index contributed by atoms with van der Waals surface area (Å²) in [6, 6.07) is 12.3. The first-order valence-corrected chi connectivity index (χ1v) is 12.8. The number of benzene rings is 1. The number of carbonyl (C=O) groups is 1. The van der Waals surface area contributed by atoms with Crippen molar-refractivity contribution in [2.24, 2.45) is 11.8 Å². The molecule has 9 heteroatoms. The summed E-state index contributed by atoms with van der Waals surface area (Å²) in [5.74, 6) is 1.65. The predicted octanol–water partition coefficient (Wildman–Crippen LogP) is 3.36. The second-order valence-corrected chi connectivity index (χ2v) is 11.2. The number of piperidine rings is 1. The molecule has 0 bridgehead atoms. The summed E-state index contributed by atoms with van der Waals surface area (Å²) in [5, 5.41) is 0.234. The molecule has 2 aromatic rings. The van der Waals surface area contributed by atoms with Crippen LogP contribution in [0.25, 0.3) is 0 Å². The first-order valence-electron chi connectivity index (χ1n) is 10.9. The van der Waals surface area contributed by atoms with E-state index in [0.717, 1.165) is 38.2 Å². The molecule has 0 spiro atoms. The fourth-order valence-corrected chi connectivity index (χ4v) is 6.32. The molecule has 3 heterocycles. The summed E-state index contributed by atoms with van der Waals surface area (Å²) < 4.78 is 26.9. The highest BCUT2D eigenvalue weighted by molar-refractivity contribution is 7.89. The van der Waals surface area contributed by atoms with E-state index in [1.807, 2.05) is 12.1 Å². The van der Waals surface area contributed by atoms with E-state index >= 15 is 0 Å². The van der Waals surface area contributed by atoms with Gasteiger partial charge in [-0.25, -0.2) is 13.4 Å². The monoisotopic (exact) mass is 476 g/mol. The number of carbonyl (C=O) groups excluding carboxylic acids is 1. The van der Waals surface area contributed by atoms with Gasteiger partial charge in [-0.05, 0) is 55.4 Å². The number of halogens is 1. The SMILES string of the molecule is CN(C)C(=O)c1ccc(N2CCC(CC3CN(S(=O)(=O)c4ccccc4)C3)CC2)nc1Cl. The Balaban J connectivity index is 1.27. The van der Waals surface area contributed by atoms with Gasteiger partial charge >= 0.3 is 0 Å². The molecular weight excluding hydrogens is 448 g/mol. The number of hydrogen-bond donors (Lipinski definition) is 0. The number of anilines is 1. The van der Waals surface area contributed by atoms with E-state index in [-0.39, 0.29) is 11.1 Å². The van der Waals surface area contributed by atoms with Crippen LogP contribution in [0.3, 0.4) is 0 Å². The maximum absolute atomic E-state index is 12.7. The lowest BCUT2D eigenvalue weighted by atomic mass is 9.84. The van der Waals surface area contributed by atoms with Gasteiger partial charge in [-0.2, -0.15) is 4.31 Å². The molecule has 2 fully saturated rings. The second-order valence-electron chi connectivity index (χ2n) is 8.87. The summed E-state index contributed by atoms with van der Waals surface area (Å²) >= 11 is 6.27. The van der Waals surface area contributed by atoms with Crippen LogP contribution in [0.4, 0.5) is 5.82 Å². The second kappa shape index (κ2) is 9.37. The largest absolute Gasteiger partial charge is 0.357 e. The Hall–Kier alpha value is -2.16. The molecule has 4 rings (SSSR count). The Morgan fingerprint density at radius 1 is 1.06 bits per heavy atom. The zero-order chi connectivity index (χ0) is 22.9. The molecule has 172 valence electrons. The van der Waals surface area contributed by atoms with E-state index in [9.17, 15) is 13.2 Å². The lowest BCUT2D eigenvalue weighted by molar-refractivity contribution is 0.0827. The molecule has 0 aliphatic carbocycles. The highest BCUT2D eigenvalue weighted by Gasteiger charge is 2.38. The molecule has 7 nitrogen and oxygen atoms in total. The van der Waals surface area contributed by atoms with E-state index in [2.05, 4.69) is 9.88 Å². The van der Waals surface area contributed by atoms with Crippen molar-refractivity contribution in [3.8, 4) is 0 Å². The van der Waals surface area contributed by atoms with Crippen LogP contribution in [0.1, 0.15) is 29.6 Å². The van der Waals surface area contributed by atoms with Crippen molar-refractivity contribution < 1.29 is 13.2 Å². The van der Waals surface area contributed by atoms with Crippen LogP contribution in [0, 0.1) is 11.8 Å². The van der Waals surface area contributed by atoms with Gasteiger partial charge in [-0.1, -0.05) is 29.8 Å². The molecule has 0 atom stereocenters. The molecule has 2 aliphatic rings. The fourth-order valence-electron chi connectivity index (χ4n) is 4.48. The third-order valence-electron chi connectivity index (χ3n) is 6.38. The Labute approximate surface area is 195 Å². The van der Waals surface area contributed by atoms with Crippen molar-refractivity contribution in [2.45, 2.75) is 24.2 Å². The summed E-state index contributed by atoms with van der Waals surface area (Å²) in [4.78, 5) is 20.7. The minimum absolute atomic E-state index is 0.156. The summed E-state index contributed by atoms with van der Waals surface area (Å²) in [5.41, 5.74) is 0.412. The Bertz CT molecular complexity index is 1060. The normalized spacial score (nSPS) is 18.4. The Kier molecular flexibility index (Phi) is 6.74. The van der Waals surface area contributed by atoms with Crippen molar-refractivity contribution >= 4 is 33.3 Å². The Morgan fingerprint density at radius 3 is 2.31 bits per heavy atom. The zero-order valence-corrected chi connectivity index (χ0v) is 20.0. The molecule has 1 amide bonds. The summed E-state index contributed by atoms with van der Waals surface area (Å²) in [7, 11) is 0.0178. The molecule has 2 aliphatic heterocycles. The van der Waals surface area contributed by atoms with Crippen LogP contribution in [-0.4, -0.2) is 68.8 Å². The Morgan fingerprint density at radius 2 is 1.72 bits per heavy atom. The molecule has 0 unspecified atom stereocenters. The quantitative estimate of drug-likeness (QED) is 0.597. The van der Waals surface area contributed by atoms with Crippen LogP contribution < -0.4 is 4.90 Å². The van der Waals surface area contributed by atoms with Gasteiger partial charge in [-0.15, -0.1) is 0 Å². The number of rotatable bonds is 6. The van der Waals surface area contributed by atoms with Crippen LogP contribution in [0.15, 0.2) is 47.4 Å². The predicted molar refractivity (Wildman–Crippen MR) is 126 cm³/mol. The van der Waals surface area contributed by atoms with E-state index in [0.29, 0.717) is 35.4 Å². The number of nitrogens with zero attached hydrogens (tertiary/aromatic N) is 4. The van der Waals surface area contributed by atoms with Crippen molar-refractivity contribution in [3.63, 3.8) is 0 Å². The number of hydrogen-bond acceptors (Lipinski definition) is 5. The third-order valence-corrected chi connectivity index (χ3v) is 8.51. The average Bonchev–Trinajstić information content (AvgIpc) is 2.76. The fraction of sp³-hybridized carbons (Fsp3) is 0.478. The molecule has 0 radical (unpaired) electrons. The van der Waals surface area contributed by atoms with Gasteiger partial charge in [-0.3, -0.25) is 4.79 Å². The minimum Gasteiger partial charge on any atom is -0.357 e.